The van der Waals surface area contributed by atoms with E-state index in [0.717, 1.165) is 25.9 Å². The summed E-state index contributed by atoms with van der Waals surface area (Å²) in [5.41, 5.74) is 0. The van der Waals surface area contributed by atoms with Crippen LogP contribution < -0.4 is 0 Å². The van der Waals surface area contributed by atoms with Crippen molar-refractivity contribution in [2.24, 2.45) is 0 Å². The summed E-state index contributed by atoms with van der Waals surface area (Å²) in [6.07, 6.45) is 1.93. The van der Waals surface area contributed by atoms with Crippen molar-refractivity contribution >= 4 is 5.91 Å². The summed E-state index contributed by atoms with van der Waals surface area (Å²) in [4.78, 5) is 17.0. The molecule has 0 bridgehead atoms. The molecule has 0 aliphatic carbocycles. The van der Waals surface area contributed by atoms with Crippen molar-refractivity contribution in [1.82, 2.24) is 9.80 Å². The van der Waals surface area contributed by atoms with E-state index in [-0.39, 0.29) is 29.9 Å². The lowest BCUT2D eigenvalue weighted by atomic mass is 10.0. The lowest BCUT2D eigenvalue weighted by molar-refractivity contribution is -0.189. The molecule has 1 spiro atoms. The lowest BCUT2D eigenvalue weighted by Gasteiger charge is -2.42. The molecule has 3 aliphatic rings. The molecule has 0 radical (unpaired) electrons. The quantitative estimate of drug-likeness (QED) is 0.757. The number of ether oxygens (including phenoxy) is 3. The number of piperidine rings is 1. The summed E-state index contributed by atoms with van der Waals surface area (Å²) in [6.45, 7) is 10.5. The van der Waals surface area contributed by atoms with E-state index < -0.39 is 0 Å². The van der Waals surface area contributed by atoms with E-state index >= 15 is 0 Å². The number of hydrogen-bond acceptors (Lipinski definition) is 5. The van der Waals surface area contributed by atoms with Gasteiger partial charge in [-0.05, 0) is 20.8 Å². The molecule has 3 heterocycles. The summed E-state index contributed by atoms with van der Waals surface area (Å²) in [5.74, 6) is -0.160. The van der Waals surface area contributed by atoms with Gasteiger partial charge < -0.3 is 19.1 Å². The highest BCUT2D eigenvalue weighted by atomic mass is 16.7. The molecule has 3 aliphatic heterocycles. The van der Waals surface area contributed by atoms with Crippen LogP contribution in [0.4, 0.5) is 0 Å². The van der Waals surface area contributed by atoms with Crippen LogP contribution in [0, 0.1) is 0 Å². The van der Waals surface area contributed by atoms with E-state index in [4.69, 9.17) is 14.2 Å². The van der Waals surface area contributed by atoms with Crippen LogP contribution in [0.3, 0.4) is 0 Å². The van der Waals surface area contributed by atoms with Crippen molar-refractivity contribution in [3.63, 3.8) is 0 Å². The fraction of sp³-hybridized carbons (Fsp3) is 0.938. The molecule has 1 amide bonds. The Hall–Kier alpha value is -0.690. The number of likely N-dealkylation sites (tertiary alicyclic amines) is 1. The van der Waals surface area contributed by atoms with Gasteiger partial charge in [0.15, 0.2) is 5.79 Å². The van der Waals surface area contributed by atoms with Gasteiger partial charge in [0.05, 0.1) is 31.5 Å². The van der Waals surface area contributed by atoms with E-state index in [0.29, 0.717) is 26.3 Å². The summed E-state index contributed by atoms with van der Waals surface area (Å²) in [5, 5.41) is 0. The fourth-order valence-electron chi connectivity index (χ4n) is 3.82. The zero-order valence-electron chi connectivity index (χ0n) is 13.9. The zero-order chi connectivity index (χ0) is 15.7. The Bertz CT molecular complexity index is 391. The number of nitrogens with zero attached hydrogens (tertiary/aromatic N) is 2. The SMILES string of the molecule is C[C@@H]1CN(C(=O)[C@H](C)N2CCC3(CC2)OCCO3)C[C@H](C)O1. The highest BCUT2D eigenvalue weighted by molar-refractivity contribution is 5.81. The van der Waals surface area contributed by atoms with Crippen molar-refractivity contribution in [3.05, 3.63) is 0 Å². The van der Waals surface area contributed by atoms with Crippen molar-refractivity contribution in [3.8, 4) is 0 Å². The summed E-state index contributed by atoms with van der Waals surface area (Å²) in [7, 11) is 0. The van der Waals surface area contributed by atoms with Crippen LogP contribution in [-0.4, -0.2) is 79.1 Å². The molecule has 3 fully saturated rings. The third-order valence-electron chi connectivity index (χ3n) is 5.01. The maximum Gasteiger partial charge on any atom is 0.239 e. The summed E-state index contributed by atoms with van der Waals surface area (Å²) in [6, 6.07) is -0.0868. The Balaban J connectivity index is 1.55. The van der Waals surface area contributed by atoms with Crippen LogP contribution in [0.1, 0.15) is 33.6 Å². The molecule has 22 heavy (non-hydrogen) atoms. The van der Waals surface area contributed by atoms with Gasteiger partial charge in [-0.3, -0.25) is 9.69 Å². The Labute approximate surface area is 132 Å². The molecule has 3 rings (SSSR count). The first-order valence-corrected chi connectivity index (χ1v) is 8.45. The van der Waals surface area contributed by atoms with Gasteiger partial charge in [-0.15, -0.1) is 0 Å². The maximum absolute atomic E-state index is 12.8. The van der Waals surface area contributed by atoms with Gasteiger partial charge in [0.2, 0.25) is 5.91 Å². The Morgan fingerprint density at radius 3 is 2.18 bits per heavy atom. The molecule has 126 valence electrons. The third kappa shape index (κ3) is 3.30. The van der Waals surface area contributed by atoms with Crippen LogP contribution in [-0.2, 0) is 19.0 Å². The normalized spacial score (nSPS) is 34.0. The first-order chi connectivity index (χ1) is 10.5. The first-order valence-electron chi connectivity index (χ1n) is 8.45. The minimum absolute atomic E-state index is 0.0868. The largest absolute Gasteiger partial charge is 0.372 e. The van der Waals surface area contributed by atoms with E-state index in [1.54, 1.807) is 0 Å². The number of hydrogen-bond donors (Lipinski definition) is 0. The lowest BCUT2D eigenvalue weighted by Crippen LogP contribution is -2.56. The van der Waals surface area contributed by atoms with E-state index in [1.165, 1.54) is 0 Å². The first kappa shape index (κ1) is 16.2. The Kier molecular flexibility index (Phi) is 4.73. The molecule has 0 unspecified atom stereocenters. The predicted molar refractivity (Wildman–Crippen MR) is 81.5 cm³/mol. The molecule has 6 nitrogen and oxygen atoms in total. The molecule has 0 aromatic heterocycles. The highest BCUT2D eigenvalue weighted by Gasteiger charge is 2.42. The van der Waals surface area contributed by atoms with Gasteiger partial charge in [-0.2, -0.15) is 0 Å². The number of carbonyl (C=O) groups excluding carboxylic acids is 1. The van der Waals surface area contributed by atoms with Crippen molar-refractivity contribution in [2.45, 2.75) is 57.6 Å². The molecule has 0 N–H and O–H groups in total. The van der Waals surface area contributed by atoms with Gasteiger partial charge in [-0.1, -0.05) is 0 Å². The van der Waals surface area contributed by atoms with E-state index in [2.05, 4.69) is 4.90 Å². The van der Waals surface area contributed by atoms with Crippen LogP contribution in [0.15, 0.2) is 0 Å². The van der Waals surface area contributed by atoms with Crippen LogP contribution >= 0.6 is 0 Å². The minimum atomic E-state index is -0.374. The van der Waals surface area contributed by atoms with Crippen LogP contribution in [0.25, 0.3) is 0 Å². The average Bonchev–Trinajstić information content (AvgIpc) is 2.94. The zero-order valence-corrected chi connectivity index (χ0v) is 13.9. The smallest absolute Gasteiger partial charge is 0.239 e. The van der Waals surface area contributed by atoms with Gasteiger partial charge >= 0.3 is 0 Å². The molecule has 0 aromatic rings. The van der Waals surface area contributed by atoms with E-state index in [9.17, 15) is 4.79 Å². The predicted octanol–water partition coefficient (Wildman–Crippen LogP) is 0.850. The summed E-state index contributed by atoms with van der Waals surface area (Å²) >= 11 is 0. The molecule has 3 atom stereocenters. The van der Waals surface area contributed by atoms with Crippen molar-refractivity contribution < 1.29 is 19.0 Å². The number of carbonyl (C=O) groups is 1. The average molecular weight is 312 g/mol. The fourth-order valence-corrected chi connectivity index (χ4v) is 3.82. The van der Waals surface area contributed by atoms with Crippen molar-refractivity contribution in [1.29, 1.82) is 0 Å². The molecule has 6 heteroatoms. The molecule has 0 saturated carbocycles. The van der Waals surface area contributed by atoms with Gasteiger partial charge in [0.25, 0.3) is 0 Å². The number of morpholine rings is 1. The van der Waals surface area contributed by atoms with Gasteiger partial charge in [-0.25, -0.2) is 0 Å². The molecule has 3 saturated heterocycles. The topological polar surface area (TPSA) is 51.2 Å². The molecular formula is C16H28N2O4. The Morgan fingerprint density at radius 1 is 1.09 bits per heavy atom. The monoisotopic (exact) mass is 312 g/mol. The Morgan fingerprint density at radius 2 is 1.64 bits per heavy atom. The number of amides is 1. The molecular weight excluding hydrogens is 284 g/mol. The summed E-state index contributed by atoms with van der Waals surface area (Å²) < 4.78 is 17.2. The van der Waals surface area contributed by atoms with Gasteiger partial charge in [0, 0.05) is 39.0 Å². The van der Waals surface area contributed by atoms with E-state index in [1.807, 2.05) is 25.7 Å². The minimum Gasteiger partial charge on any atom is -0.372 e. The van der Waals surface area contributed by atoms with Crippen LogP contribution in [0.2, 0.25) is 0 Å². The third-order valence-corrected chi connectivity index (χ3v) is 5.01. The second kappa shape index (κ2) is 6.43. The maximum atomic E-state index is 12.8. The highest BCUT2D eigenvalue weighted by Crippen LogP contribution is 2.32. The van der Waals surface area contributed by atoms with Crippen LogP contribution in [0.5, 0.6) is 0 Å². The number of rotatable bonds is 2. The second-order valence-corrected chi connectivity index (χ2v) is 6.82. The molecule has 0 aromatic carbocycles. The standard InChI is InChI=1S/C16H28N2O4/c1-12-10-18(11-13(2)22-12)15(19)14(3)17-6-4-16(5-7-17)20-8-9-21-16/h12-14H,4-11H2,1-3H3/t12-,13+,14-/m0/s1. The van der Waals surface area contributed by atoms with Gasteiger partial charge in [0.1, 0.15) is 0 Å². The van der Waals surface area contributed by atoms with Crippen molar-refractivity contribution in [2.75, 3.05) is 39.4 Å². The second-order valence-electron chi connectivity index (χ2n) is 6.82.